The molecule has 7 nitrogen and oxygen atoms in total. The predicted octanol–water partition coefficient (Wildman–Crippen LogP) is 1.32. The lowest BCUT2D eigenvalue weighted by Gasteiger charge is -2.39. The maximum absolute atomic E-state index is 12.5. The molecule has 1 aromatic rings. The van der Waals surface area contributed by atoms with Crippen molar-refractivity contribution in [1.82, 2.24) is 15.4 Å². The monoisotopic (exact) mass is 369 g/mol. The van der Waals surface area contributed by atoms with Crippen LogP contribution in [0.4, 0.5) is 0 Å². The van der Waals surface area contributed by atoms with Gasteiger partial charge in [0.2, 0.25) is 0 Å². The first kappa shape index (κ1) is 18.4. The van der Waals surface area contributed by atoms with Crippen molar-refractivity contribution in [3.8, 4) is 0 Å². The molecule has 1 amide bonds. The van der Waals surface area contributed by atoms with Crippen LogP contribution >= 0.6 is 0 Å². The molecule has 0 atom stereocenters. The van der Waals surface area contributed by atoms with E-state index in [1.807, 2.05) is 6.92 Å². The Morgan fingerprint density at radius 1 is 1.24 bits per heavy atom. The van der Waals surface area contributed by atoms with E-state index < -0.39 is 9.84 Å². The number of amides is 1. The number of nitrogens with one attached hydrogen (secondary N) is 1. The van der Waals surface area contributed by atoms with Crippen molar-refractivity contribution in [2.75, 3.05) is 24.6 Å². The van der Waals surface area contributed by atoms with Gasteiger partial charge < -0.3 is 14.7 Å². The molecule has 0 unspecified atom stereocenters. The Morgan fingerprint density at radius 3 is 2.48 bits per heavy atom. The molecule has 1 N–H and O–H groups in total. The Hall–Kier alpha value is -1.41. The Bertz CT molecular complexity index is 706. The molecule has 140 valence electrons. The number of nitrogens with zero attached hydrogens (tertiary/aromatic N) is 2. The molecular weight excluding hydrogens is 342 g/mol. The summed E-state index contributed by atoms with van der Waals surface area (Å²) in [4.78, 5) is 14.9. The third kappa shape index (κ3) is 4.23. The summed E-state index contributed by atoms with van der Waals surface area (Å²) < 4.78 is 28.3. The standard InChI is InChI=1S/C17H27N3O4S/c1-3-15-16(12(2)24-19-15)17(21)18-13-4-8-20(9-5-13)14-6-10-25(22,23)11-7-14/h13-14H,3-11H2,1-2H3,(H,18,21). The van der Waals surface area contributed by atoms with Crippen molar-refractivity contribution in [2.24, 2.45) is 0 Å². The number of likely N-dealkylation sites (tertiary alicyclic amines) is 1. The molecule has 3 heterocycles. The van der Waals surface area contributed by atoms with Crippen LogP contribution in [0.25, 0.3) is 0 Å². The van der Waals surface area contributed by atoms with Crippen molar-refractivity contribution in [2.45, 2.75) is 58.0 Å². The van der Waals surface area contributed by atoms with Crippen LogP contribution in [0.15, 0.2) is 4.52 Å². The van der Waals surface area contributed by atoms with Crippen LogP contribution in [-0.2, 0) is 16.3 Å². The fourth-order valence-corrected chi connectivity index (χ4v) is 5.33. The van der Waals surface area contributed by atoms with Gasteiger partial charge in [0, 0.05) is 25.2 Å². The molecule has 0 aromatic carbocycles. The van der Waals surface area contributed by atoms with Crippen molar-refractivity contribution < 1.29 is 17.7 Å². The normalized spacial score (nSPS) is 22.8. The van der Waals surface area contributed by atoms with E-state index in [0.717, 1.165) is 38.8 Å². The molecule has 3 rings (SSSR count). The Labute approximate surface area is 149 Å². The fourth-order valence-electron chi connectivity index (χ4n) is 3.86. The minimum Gasteiger partial charge on any atom is -0.361 e. The van der Waals surface area contributed by atoms with E-state index in [1.165, 1.54) is 0 Å². The number of aryl methyl sites for hydroxylation is 2. The first-order chi connectivity index (χ1) is 11.9. The van der Waals surface area contributed by atoms with E-state index >= 15 is 0 Å². The summed E-state index contributed by atoms with van der Waals surface area (Å²) in [5.74, 6) is 1.08. The first-order valence-electron chi connectivity index (χ1n) is 9.10. The maximum Gasteiger partial charge on any atom is 0.257 e. The minimum absolute atomic E-state index is 0.0993. The second-order valence-corrected chi connectivity index (χ2v) is 9.38. The van der Waals surface area contributed by atoms with Gasteiger partial charge in [-0.25, -0.2) is 8.42 Å². The fraction of sp³-hybridized carbons (Fsp3) is 0.765. The van der Waals surface area contributed by atoms with E-state index in [9.17, 15) is 13.2 Å². The summed E-state index contributed by atoms with van der Waals surface area (Å²) in [6, 6.07) is 0.516. The van der Waals surface area contributed by atoms with Crippen molar-refractivity contribution >= 4 is 15.7 Å². The summed E-state index contributed by atoms with van der Waals surface area (Å²) in [5, 5.41) is 7.05. The number of hydrogen-bond acceptors (Lipinski definition) is 6. The highest BCUT2D eigenvalue weighted by Crippen LogP contribution is 2.23. The van der Waals surface area contributed by atoms with Crippen LogP contribution < -0.4 is 5.32 Å². The van der Waals surface area contributed by atoms with Gasteiger partial charge in [-0.3, -0.25) is 4.79 Å². The summed E-state index contributed by atoms with van der Waals surface area (Å²) in [6.07, 6.45) is 3.92. The largest absolute Gasteiger partial charge is 0.361 e. The average Bonchev–Trinajstić information content (AvgIpc) is 2.96. The van der Waals surface area contributed by atoms with E-state index in [1.54, 1.807) is 6.92 Å². The zero-order valence-electron chi connectivity index (χ0n) is 15.0. The molecule has 2 fully saturated rings. The molecule has 0 saturated carbocycles. The lowest BCUT2D eigenvalue weighted by atomic mass is 10.00. The summed E-state index contributed by atoms with van der Waals surface area (Å²) in [5.41, 5.74) is 1.28. The van der Waals surface area contributed by atoms with E-state index in [-0.39, 0.29) is 11.9 Å². The zero-order valence-corrected chi connectivity index (χ0v) is 15.8. The Morgan fingerprint density at radius 2 is 1.88 bits per heavy atom. The van der Waals surface area contributed by atoms with Gasteiger partial charge in [0.25, 0.3) is 5.91 Å². The van der Waals surface area contributed by atoms with Crippen molar-refractivity contribution in [3.63, 3.8) is 0 Å². The van der Waals surface area contributed by atoms with Crippen molar-refractivity contribution in [1.29, 1.82) is 0 Å². The Balaban J connectivity index is 1.51. The van der Waals surface area contributed by atoms with Gasteiger partial charge >= 0.3 is 0 Å². The molecule has 2 aliphatic heterocycles. The molecule has 8 heteroatoms. The number of hydrogen-bond donors (Lipinski definition) is 1. The van der Waals surface area contributed by atoms with Crippen LogP contribution in [0, 0.1) is 6.92 Å². The van der Waals surface area contributed by atoms with Gasteiger partial charge in [-0.05, 0) is 39.0 Å². The third-order valence-electron chi connectivity index (χ3n) is 5.40. The highest BCUT2D eigenvalue weighted by molar-refractivity contribution is 7.91. The van der Waals surface area contributed by atoms with Gasteiger partial charge in [0.05, 0.1) is 17.2 Å². The molecule has 2 saturated heterocycles. The van der Waals surface area contributed by atoms with Crippen LogP contribution in [0.3, 0.4) is 0 Å². The number of piperidine rings is 1. The molecule has 0 aliphatic carbocycles. The highest BCUT2D eigenvalue weighted by Gasteiger charge is 2.31. The van der Waals surface area contributed by atoms with Crippen LogP contribution in [0.5, 0.6) is 0 Å². The van der Waals surface area contributed by atoms with E-state index in [0.29, 0.717) is 41.0 Å². The number of aromatic nitrogens is 1. The minimum atomic E-state index is -2.82. The highest BCUT2D eigenvalue weighted by atomic mass is 32.2. The number of rotatable bonds is 4. The topological polar surface area (TPSA) is 92.5 Å². The van der Waals surface area contributed by atoms with E-state index in [2.05, 4.69) is 15.4 Å². The smallest absolute Gasteiger partial charge is 0.257 e. The van der Waals surface area contributed by atoms with Gasteiger partial charge in [0.15, 0.2) is 0 Å². The molecular formula is C17H27N3O4S. The summed E-state index contributed by atoms with van der Waals surface area (Å²) in [7, 11) is -2.82. The van der Waals surface area contributed by atoms with Gasteiger partial charge in [-0.15, -0.1) is 0 Å². The predicted molar refractivity (Wildman–Crippen MR) is 94.4 cm³/mol. The molecule has 1 aromatic heterocycles. The second kappa shape index (κ2) is 7.45. The van der Waals surface area contributed by atoms with Crippen molar-refractivity contribution in [3.05, 3.63) is 17.0 Å². The molecule has 2 aliphatic rings. The van der Waals surface area contributed by atoms with Gasteiger partial charge in [-0.2, -0.15) is 0 Å². The Kier molecular flexibility index (Phi) is 5.48. The SMILES string of the molecule is CCc1noc(C)c1C(=O)NC1CCN(C2CCS(=O)(=O)CC2)CC1. The van der Waals surface area contributed by atoms with Crippen LogP contribution in [0.2, 0.25) is 0 Å². The number of carbonyl (C=O) groups is 1. The summed E-state index contributed by atoms with van der Waals surface area (Å²) >= 11 is 0. The van der Waals surface area contributed by atoms with Gasteiger partial charge in [0.1, 0.15) is 21.2 Å². The van der Waals surface area contributed by atoms with Gasteiger partial charge in [-0.1, -0.05) is 12.1 Å². The average molecular weight is 369 g/mol. The third-order valence-corrected chi connectivity index (χ3v) is 7.12. The zero-order chi connectivity index (χ0) is 18.0. The molecule has 25 heavy (non-hydrogen) atoms. The number of sulfone groups is 1. The molecule has 0 radical (unpaired) electrons. The van der Waals surface area contributed by atoms with E-state index in [4.69, 9.17) is 4.52 Å². The molecule has 0 spiro atoms. The maximum atomic E-state index is 12.5. The van der Waals surface area contributed by atoms with Crippen LogP contribution in [0.1, 0.15) is 54.4 Å². The lowest BCUT2D eigenvalue weighted by molar-refractivity contribution is 0.0883. The summed E-state index contributed by atoms with van der Waals surface area (Å²) in [6.45, 7) is 5.52. The lowest BCUT2D eigenvalue weighted by Crippen LogP contribution is -2.49. The number of carbonyl (C=O) groups excluding carboxylic acids is 1. The second-order valence-electron chi connectivity index (χ2n) is 7.08. The first-order valence-corrected chi connectivity index (χ1v) is 10.9. The quantitative estimate of drug-likeness (QED) is 0.860. The molecule has 0 bridgehead atoms. The van der Waals surface area contributed by atoms with Crippen LogP contribution in [-0.4, -0.2) is 61.1 Å².